The van der Waals surface area contributed by atoms with Crippen molar-refractivity contribution in [1.82, 2.24) is 0 Å². The van der Waals surface area contributed by atoms with Crippen molar-refractivity contribution in [3.05, 3.63) is 116 Å². The number of esters is 1. The Bertz CT molecular complexity index is 1570. The van der Waals surface area contributed by atoms with E-state index in [1.807, 2.05) is 0 Å². The third-order valence-electron chi connectivity index (χ3n) is 5.87. The molecule has 0 bridgehead atoms. The number of benzene rings is 3. The van der Waals surface area contributed by atoms with Crippen LogP contribution in [0.2, 0.25) is 15.1 Å². The lowest BCUT2D eigenvalue weighted by Crippen LogP contribution is -2.31. The van der Waals surface area contributed by atoms with Gasteiger partial charge in [0.25, 0.3) is 5.91 Å². The molecule has 0 aromatic heterocycles. The topological polar surface area (TPSA) is 113 Å². The molecule has 2 amide bonds. The molecule has 0 aliphatic carbocycles. The van der Waals surface area contributed by atoms with Crippen LogP contribution in [-0.2, 0) is 19.1 Å². The van der Waals surface area contributed by atoms with Crippen molar-refractivity contribution in [2.45, 2.75) is 13.0 Å². The number of anilines is 2. The van der Waals surface area contributed by atoms with Gasteiger partial charge in [-0.1, -0.05) is 53.0 Å². The van der Waals surface area contributed by atoms with Crippen LogP contribution < -0.4 is 10.2 Å². The van der Waals surface area contributed by atoms with Crippen LogP contribution in [0.5, 0.6) is 0 Å². The Kier molecular flexibility index (Phi) is 8.94. The van der Waals surface area contributed by atoms with Gasteiger partial charge in [0.2, 0.25) is 5.91 Å². The van der Waals surface area contributed by atoms with Crippen LogP contribution in [0, 0.1) is 0 Å². The third-order valence-corrected chi connectivity index (χ3v) is 6.69. The number of nitrogens with one attached hydrogen (secondary N) is 1. The smallest absolute Gasteiger partial charge is 0.330 e. The number of hydrogen-bond donors (Lipinski definition) is 2. The summed E-state index contributed by atoms with van der Waals surface area (Å²) >= 11 is 18.5. The van der Waals surface area contributed by atoms with Crippen molar-refractivity contribution in [3.63, 3.8) is 0 Å². The average Bonchev–Trinajstić information content (AvgIpc) is 3.19. The molecule has 0 saturated heterocycles. The highest BCUT2D eigenvalue weighted by Crippen LogP contribution is 2.43. The summed E-state index contributed by atoms with van der Waals surface area (Å²) in [5.74, 6) is -3.59. The van der Waals surface area contributed by atoms with Crippen LogP contribution in [0.1, 0.15) is 28.9 Å². The summed E-state index contributed by atoms with van der Waals surface area (Å²) in [6.45, 7) is 1.78. The van der Waals surface area contributed by atoms with Gasteiger partial charge in [-0.3, -0.25) is 19.3 Å². The summed E-state index contributed by atoms with van der Waals surface area (Å²) in [6, 6.07) is 16.0. The molecule has 1 aliphatic heterocycles. The Hall–Kier alpha value is -4.11. The summed E-state index contributed by atoms with van der Waals surface area (Å²) in [7, 11) is 0. The predicted octanol–water partition coefficient (Wildman–Crippen LogP) is 6.49. The number of hydrogen-bond acceptors (Lipinski definition) is 6. The van der Waals surface area contributed by atoms with E-state index in [4.69, 9.17) is 39.5 Å². The summed E-state index contributed by atoms with van der Waals surface area (Å²) in [4.78, 5) is 52.3. The highest BCUT2D eigenvalue weighted by atomic mass is 35.5. The van der Waals surface area contributed by atoms with E-state index in [1.165, 1.54) is 23.1 Å². The number of amides is 2. The van der Waals surface area contributed by atoms with Crippen LogP contribution >= 0.6 is 34.8 Å². The molecule has 3 aromatic rings. The molecule has 4 rings (SSSR count). The molecule has 0 radical (unpaired) electrons. The van der Waals surface area contributed by atoms with Crippen molar-refractivity contribution in [2.24, 2.45) is 0 Å². The Morgan fingerprint density at radius 2 is 1.70 bits per heavy atom. The second kappa shape index (κ2) is 12.4. The number of halogens is 3. The van der Waals surface area contributed by atoms with Crippen LogP contribution in [0.25, 0.3) is 0 Å². The van der Waals surface area contributed by atoms with Crippen LogP contribution in [0.4, 0.5) is 11.4 Å². The van der Waals surface area contributed by atoms with Gasteiger partial charge in [-0.2, -0.15) is 0 Å². The maximum Gasteiger partial charge on any atom is 0.330 e. The van der Waals surface area contributed by atoms with Gasteiger partial charge in [0.05, 0.1) is 28.9 Å². The molecule has 1 aliphatic rings. The molecule has 1 heterocycles. The van der Waals surface area contributed by atoms with Gasteiger partial charge in [-0.05, 0) is 61.0 Å². The number of aliphatic hydroxyl groups excluding tert-OH is 1. The number of carbonyl (C=O) groups excluding carboxylic acids is 4. The molecule has 2 N–H and O–H groups in total. The Labute approximate surface area is 244 Å². The first kappa shape index (κ1) is 28.9. The molecule has 3 aromatic carbocycles. The number of aliphatic hydroxyl groups is 1. The first-order chi connectivity index (χ1) is 19.1. The fourth-order valence-electron chi connectivity index (χ4n) is 4.12. The quantitative estimate of drug-likeness (QED) is 0.174. The minimum Gasteiger partial charge on any atom is -0.503 e. The van der Waals surface area contributed by atoms with Gasteiger partial charge in [-0.25, -0.2) is 4.79 Å². The second-order valence-electron chi connectivity index (χ2n) is 8.47. The molecule has 1 unspecified atom stereocenters. The van der Waals surface area contributed by atoms with Gasteiger partial charge < -0.3 is 15.2 Å². The Balaban J connectivity index is 1.72. The third kappa shape index (κ3) is 6.20. The zero-order valence-corrected chi connectivity index (χ0v) is 23.1. The maximum absolute atomic E-state index is 13.9. The van der Waals surface area contributed by atoms with E-state index in [1.54, 1.807) is 55.5 Å². The van der Waals surface area contributed by atoms with Crippen LogP contribution in [0.3, 0.4) is 0 Å². The van der Waals surface area contributed by atoms with Crippen molar-refractivity contribution < 1.29 is 29.0 Å². The lowest BCUT2D eigenvalue weighted by Gasteiger charge is -2.27. The summed E-state index contributed by atoms with van der Waals surface area (Å²) in [5, 5.41) is 14.4. The van der Waals surface area contributed by atoms with E-state index >= 15 is 0 Å². The molecule has 0 spiro atoms. The first-order valence-electron chi connectivity index (χ1n) is 11.9. The maximum atomic E-state index is 13.9. The molecular weight excluding hydrogens is 579 g/mol. The molecular formula is C29H21Cl3N2O6. The fraction of sp³-hybridized carbons (Fsp3) is 0.103. The van der Waals surface area contributed by atoms with Gasteiger partial charge in [0.15, 0.2) is 11.5 Å². The minimum atomic E-state index is -1.02. The molecule has 11 heteroatoms. The monoisotopic (exact) mass is 598 g/mol. The van der Waals surface area contributed by atoms with E-state index in [9.17, 15) is 24.3 Å². The Morgan fingerprint density at radius 3 is 2.38 bits per heavy atom. The number of ketones is 1. The van der Waals surface area contributed by atoms with Crippen molar-refractivity contribution in [1.29, 1.82) is 0 Å². The SMILES string of the molecule is CCOC(=O)/C=C/C(=O)Nc1cc(C(=O)C2=C(O)C(=O)N(c3cccc(Cl)c3)C2c2ccc(Cl)cc2)ccc1Cl. The minimum absolute atomic E-state index is 0.0373. The predicted molar refractivity (Wildman–Crippen MR) is 153 cm³/mol. The number of Topliss-reactive ketones (excluding diaryl/α,β-unsaturated/α-hetero) is 1. The number of ether oxygens (including phenoxy) is 1. The molecule has 0 saturated carbocycles. The van der Waals surface area contributed by atoms with Gasteiger partial charge in [0.1, 0.15) is 0 Å². The number of carbonyl (C=O) groups is 4. The van der Waals surface area contributed by atoms with E-state index in [2.05, 4.69) is 5.32 Å². The number of nitrogens with zero attached hydrogens (tertiary/aromatic N) is 1. The average molecular weight is 600 g/mol. The van der Waals surface area contributed by atoms with Crippen LogP contribution in [0.15, 0.2) is 90.2 Å². The van der Waals surface area contributed by atoms with Gasteiger partial charge in [0, 0.05) is 33.4 Å². The van der Waals surface area contributed by atoms with E-state index in [0.29, 0.717) is 21.3 Å². The summed E-state index contributed by atoms with van der Waals surface area (Å²) in [6.07, 6.45) is 1.92. The lowest BCUT2D eigenvalue weighted by atomic mass is 9.92. The molecule has 40 heavy (non-hydrogen) atoms. The summed E-state index contributed by atoms with van der Waals surface area (Å²) in [5.41, 5.74) is 0.801. The van der Waals surface area contributed by atoms with E-state index < -0.39 is 35.4 Å². The van der Waals surface area contributed by atoms with Crippen LogP contribution in [-0.4, -0.2) is 35.3 Å². The van der Waals surface area contributed by atoms with E-state index in [0.717, 1.165) is 12.2 Å². The normalized spacial score (nSPS) is 15.1. The fourth-order valence-corrected chi connectivity index (χ4v) is 4.59. The second-order valence-corrected chi connectivity index (χ2v) is 9.75. The molecule has 0 fully saturated rings. The van der Waals surface area contributed by atoms with Crippen molar-refractivity contribution >= 4 is 69.7 Å². The van der Waals surface area contributed by atoms with Gasteiger partial charge in [-0.15, -0.1) is 0 Å². The first-order valence-corrected chi connectivity index (χ1v) is 13.0. The molecule has 1 atom stereocenters. The molecule has 8 nitrogen and oxygen atoms in total. The van der Waals surface area contributed by atoms with Crippen molar-refractivity contribution in [2.75, 3.05) is 16.8 Å². The lowest BCUT2D eigenvalue weighted by molar-refractivity contribution is -0.137. The van der Waals surface area contributed by atoms with E-state index in [-0.39, 0.29) is 28.5 Å². The number of rotatable bonds is 8. The van der Waals surface area contributed by atoms with Gasteiger partial charge >= 0.3 is 5.97 Å². The highest BCUT2D eigenvalue weighted by Gasteiger charge is 2.44. The standard InChI is InChI=1S/C29H21Cl3N2O6/c1-2-40-24(36)13-12-23(35)33-22-14-17(8-11-21(22)32)27(37)25-26(16-6-9-18(30)10-7-16)34(29(39)28(25)38)20-5-3-4-19(31)15-20/h3-15,26,38H,2H2,1H3,(H,33,35)/b13-12+. The van der Waals surface area contributed by atoms with Crippen molar-refractivity contribution in [3.8, 4) is 0 Å². The Morgan fingerprint density at radius 1 is 0.975 bits per heavy atom. The summed E-state index contributed by atoms with van der Waals surface area (Å²) < 4.78 is 4.74. The highest BCUT2D eigenvalue weighted by molar-refractivity contribution is 6.34. The zero-order valence-electron chi connectivity index (χ0n) is 20.9. The molecule has 204 valence electrons. The largest absolute Gasteiger partial charge is 0.503 e. The zero-order chi connectivity index (χ0) is 29.0.